The number of amides is 1. The molecule has 4 rings (SSSR count). The fourth-order valence-corrected chi connectivity index (χ4v) is 3.56. The van der Waals surface area contributed by atoms with E-state index in [2.05, 4.69) is 50.4 Å². The van der Waals surface area contributed by atoms with Gasteiger partial charge in [-0.15, -0.1) is 5.10 Å². The highest BCUT2D eigenvalue weighted by Gasteiger charge is 2.14. The van der Waals surface area contributed by atoms with Gasteiger partial charge in [-0.2, -0.15) is 0 Å². The van der Waals surface area contributed by atoms with Gasteiger partial charge >= 0.3 is 0 Å². The van der Waals surface area contributed by atoms with Crippen molar-refractivity contribution >= 4 is 11.6 Å². The number of rotatable bonds is 9. The molecule has 0 aliphatic rings. The van der Waals surface area contributed by atoms with E-state index in [1.54, 1.807) is 12.1 Å². The minimum Gasteiger partial charge on any atom is -0.374 e. The number of anilines is 1. The first kappa shape index (κ1) is 21.2. The average molecular weight is 430 g/mol. The first-order valence-electron chi connectivity index (χ1n) is 10.3. The van der Waals surface area contributed by atoms with Gasteiger partial charge in [-0.3, -0.25) is 4.79 Å². The Balaban J connectivity index is 1.33. The third-order valence-corrected chi connectivity index (χ3v) is 5.16. The average Bonchev–Trinajstić information content (AvgIpc) is 3.37. The first-order chi connectivity index (χ1) is 15.7. The summed E-state index contributed by atoms with van der Waals surface area (Å²) in [6.07, 6.45) is 2.17. The second kappa shape index (κ2) is 10.3. The Kier molecular flexibility index (Phi) is 6.81. The highest BCUT2D eigenvalue weighted by atomic mass is 19.1. The van der Waals surface area contributed by atoms with E-state index in [0.29, 0.717) is 12.2 Å². The zero-order chi connectivity index (χ0) is 22.2. The van der Waals surface area contributed by atoms with Crippen LogP contribution in [-0.2, 0) is 4.79 Å². The van der Waals surface area contributed by atoms with Crippen LogP contribution < -0.4 is 10.6 Å². The van der Waals surface area contributed by atoms with Crippen molar-refractivity contribution in [2.24, 2.45) is 0 Å². The topological polar surface area (TPSA) is 84.7 Å². The lowest BCUT2D eigenvalue weighted by atomic mass is 9.88. The molecular formula is C24H23FN6O. The summed E-state index contributed by atoms with van der Waals surface area (Å²) in [4.78, 5) is 12.4. The van der Waals surface area contributed by atoms with Gasteiger partial charge in [0, 0.05) is 12.5 Å². The van der Waals surface area contributed by atoms with Gasteiger partial charge in [-0.1, -0.05) is 60.7 Å². The second-order valence-corrected chi connectivity index (χ2v) is 7.28. The number of carbonyl (C=O) groups excluding carboxylic acids is 1. The van der Waals surface area contributed by atoms with Gasteiger partial charge in [-0.25, -0.2) is 9.07 Å². The minimum atomic E-state index is -0.456. The number of benzene rings is 3. The molecule has 0 atom stereocenters. The number of carbonyl (C=O) groups is 1. The lowest BCUT2D eigenvalue weighted by molar-refractivity contribution is -0.119. The molecule has 0 unspecified atom stereocenters. The molecule has 8 heteroatoms. The molecule has 1 heterocycles. The highest BCUT2D eigenvalue weighted by molar-refractivity contribution is 5.80. The fraction of sp³-hybridized carbons (Fsp3) is 0.167. The molecule has 3 aromatic carbocycles. The van der Waals surface area contributed by atoms with Crippen LogP contribution in [0.3, 0.4) is 0 Å². The van der Waals surface area contributed by atoms with E-state index in [0.717, 1.165) is 6.42 Å². The molecule has 0 saturated heterocycles. The Bertz CT molecular complexity index is 1100. The molecular weight excluding hydrogens is 407 g/mol. The third-order valence-electron chi connectivity index (χ3n) is 5.16. The number of hydrogen-bond donors (Lipinski definition) is 2. The summed E-state index contributed by atoms with van der Waals surface area (Å²) in [5, 5.41) is 16.7. The molecule has 162 valence electrons. The Hall–Kier alpha value is -4.07. The summed E-state index contributed by atoms with van der Waals surface area (Å²) in [5.41, 5.74) is 3.20. The molecule has 0 saturated carbocycles. The van der Waals surface area contributed by atoms with E-state index in [9.17, 15) is 9.18 Å². The summed E-state index contributed by atoms with van der Waals surface area (Å²) < 4.78 is 15.6. The summed E-state index contributed by atoms with van der Waals surface area (Å²) in [6.45, 7) is 0.458. The zero-order valence-corrected chi connectivity index (χ0v) is 17.4. The Morgan fingerprint density at radius 1 is 0.969 bits per heavy atom. The van der Waals surface area contributed by atoms with Crippen molar-refractivity contribution in [2.75, 3.05) is 18.4 Å². The minimum absolute atomic E-state index is 0.0443. The van der Waals surface area contributed by atoms with E-state index in [1.165, 1.54) is 28.2 Å². The molecule has 1 amide bonds. The predicted octanol–water partition coefficient (Wildman–Crippen LogP) is 3.55. The van der Waals surface area contributed by atoms with Crippen LogP contribution in [0.1, 0.15) is 23.5 Å². The number of nitrogens with zero attached hydrogens (tertiary/aromatic N) is 4. The molecule has 7 nitrogen and oxygen atoms in total. The summed E-state index contributed by atoms with van der Waals surface area (Å²) >= 11 is 0. The van der Waals surface area contributed by atoms with Gasteiger partial charge in [0.05, 0.1) is 17.9 Å². The van der Waals surface area contributed by atoms with Crippen LogP contribution in [0.25, 0.3) is 5.69 Å². The molecule has 0 radical (unpaired) electrons. The van der Waals surface area contributed by atoms with E-state index >= 15 is 0 Å². The van der Waals surface area contributed by atoms with Gasteiger partial charge in [0.2, 0.25) is 5.91 Å². The maximum Gasteiger partial charge on any atom is 0.239 e. The molecule has 0 aliphatic carbocycles. The molecule has 2 N–H and O–H groups in total. The zero-order valence-electron chi connectivity index (χ0n) is 17.4. The Labute approximate surface area is 185 Å². The first-order valence-corrected chi connectivity index (χ1v) is 10.3. The molecule has 32 heavy (non-hydrogen) atoms. The molecule has 4 aromatic rings. The van der Waals surface area contributed by atoms with Crippen LogP contribution in [0.2, 0.25) is 0 Å². The number of tetrazole rings is 1. The van der Waals surface area contributed by atoms with Crippen LogP contribution >= 0.6 is 0 Å². The molecule has 1 aromatic heterocycles. The Morgan fingerprint density at radius 3 is 2.28 bits per heavy atom. The van der Waals surface area contributed by atoms with Crippen LogP contribution in [0.15, 0.2) is 85.2 Å². The van der Waals surface area contributed by atoms with Gasteiger partial charge in [0.15, 0.2) is 0 Å². The predicted molar refractivity (Wildman–Crippen MR) is 120 cm³/mol. The van der Waals surface area contributed by atoms with Crippen LogP contribution in [0, 0.1) is 5.82 Å². The van der Waals surface area contributed by atoms with Crippen LogP contribution in [0.4, 0.5) is 10.1 Å². The van der Waals surface area contributed by atoms with Gasteiger partial charge in [0.25, 0.3) is 0 Å². The SMILES string of the molecule is O=C(CNc1cc(-n2cnnn2)ccc1F)NCCC(c1ccccc1)c1ccccc1. The van der Waals surface area contributed by atoms with E-state index in [1.807, 2.05) is 36.4 Å². The third kappa shape index (κ3) is 5.34. The van der Waals surface area contributed by atoms with Gasteiger partial charge in [0.1, 0.15) is 12.1 Å². The number of hydrogen-bond acceptors (Lipinski definition) is 5. The lowest BCUT2D eigenvalue weighted by Crippen LogP contribution is -2.31. The van der Waals surface area contributed by atoms with Crippen molar-refractivity contribution in [2.45, 2.75) is 12.3 Å². The Morgan fingerprint density at radius 2 is 1.66 bits per heavy atom. The maximum atomic E-state index is 14.1. The van der Waals surface area contributed by atoms with E-state index in [4.69, 9.17) is 0 Å². The lowest BCUT2D eigenvalue weighted by Gasteiger charge is -2.18. The summed E-state index contributed by atoms with van der Waals surface area (Å²) in [7, 11) is 0. The second-order valence-electron chi connectivity index (χ2n) is 7.28. The molecule has 0 bridgehead atoms. The van der Waals surface area contributed by atoms with Gasteiger partial charge in [-0.05, 0) is 46.2 Å². The van der Waals surface area contributed by atoms with Crippen molar-refractivity contribution < 1.29 is 9.18 Å². The van der Waals surface area contributed by atoms with Crippen LogP contribution in [0.5, 0.6) is 0 Å². The summed E-state index contributed by atoms with van der Waals surface area (Å²) in [5.74, 6) is -0.490. The maximum absolute atomic E-state index is 14.1. The quantitative estimate of drug-likeness (QED) is 0.424. The fourth-order valence-electron chi connectivity index (χ4n) is 3.56. The molecule has 0 fully saturated rings. The number of nitrogens with one attached hydrogen (secondary N) is 2. The normalized spacial score (nSPS) is 10.8. The molecule has 0 aliphatic heterocycles. The van der Waals surface area contributed by atoms with Crippen LogP contribution in [-0.4, -0.2) is 39.2 Å². The summed E-state index contributed by atoms with van der Waals surface area (Å²) in [6, 6.07) is 24.9. The van der Waals surface area contributed by atoms with Crippen molar-refractivity contribution in [3.63, 3.8) is 0 Å². The van der Waals surface area contributed by atoms with E-state index < -0.39 is 5.82 Å². The number of aromatic nitrogens is 4. The largest absolute Gasteiger partial charge is 0.374 e. The van der Waals surface area contributed by atoms with E-state index in [-0.39, 0.29) is 24.1 Å². The van der Waals surface area contributed by atoms with Crippen molar-refractivity contribution in [1.29, 1.82) is 0 Å². The highest BCUT2D eigenvalue weighted by Crippen LogP contribution is 2.27. The monoisotopic (exact) mass is 430 g/mol. The standard InChI is InChI=1S/C24H23FN6O/c25-22-12-11-20(31-17-28-29-30-31)15-23(22)27-16-24(32)26-14-13-21(18-7-3-1-4-8-18)19-9-5-2-6-10-19/h1-12,15,17,21,27H,13-14,16H2,(H,26,32). The number of halogens is 1. The van der Waals surface area contributed by atoms with Crippen molar-refractivity contribution in [3.8, 4) is 5.69 Å². The van der Waals surface area contributed by atoms with Crippen molar-refractivity contribution in [3.05, 3.63) is 102 Å². The molecule has 0 spiro atoms. The van der Waals surface area contributed by atoms with Gasteiger partial charge < -0.3 is 10.6 Å². The smallest absolute Gasteiger partial charge is 0.239 e. The van der Waals surface area contributed by atoms with Crippen molar-refractivity contribution in [1.82, 2.24) is 25.5 Å².